The lowest BCUT2D eigenvalue weighted by molar-refractivity contribution is -0.118. The molecule has 0 aliphatic carbocycles. The van der Waals surface area contributed by atoms with Crippen LogP contribution in [0.3, 0.4) is 0 Å². The van der Waals surface area contributed by atoms with Crippen LogP contribution in [0, 0.1) is 13.8 Å². The molecule has 1 atom stereocenters. The number of rotatable bonds is 3. The minimum absolute atomic E-state index is 0.232. The average Bonchev–Trinajstić information content (AvgIpc) is 2.91. The Morgan fingerprint density at radius 1 is 1.16 bits per heavy atom. The Morgan fingerprint density at radius 2 is 1.90 bits per heavy atom. The molecular formula is C23H21BrN4O3. The molecule has 0 spiro atoms. The van der Waals surface area contributed by atoms with E-state index in [2.05, 4.69) is 31.7 Å². The molecule has 0 radical (unpaired) electrons. The number of amides is 2. The summed E-state index contributed by atoms with van der Waals surface area (Å²) in [5, 5.41) is 9.87. The number of hydrogen-bond acceptors (Lipinski definition) is 4. The largest absolute Gasteiger partial charge is 0.339 e. The van der Waals surface area contributed by atoms with Crippen molar-refractivity contribution in [2.24, 2.45) is 0 Å². The quantitative estimate of drug-likeness (QED) is 0.601. The van der Waals surface area contributed by atoms with E-state index in [4.69, 9.17) is 0 Å². The fourth-order valence-corrected chi connectivity index (χ4v) is 4.00. The summed E-state index contributed by atoms with van der Waals surface area (Å²) in [6.45, 7) is 3.45. The van der Waals surface area contributed by atoms with Crippen LogP contribution in [-0.4, -0.2) is 27.6 Å². The van der Waals surface area contributed by atoms with Crippen molar-refractivity contribution in [2.45, 2.75) is 32.7 Å². The third-order valence-electron chi connectivity index (χ3n) is 5.48. The Kier molecular flexibility index (Phi) is 5.73. The Hall–Kier alpha value is -3.26. The average molecular weight is 481 g/mol. The highest BCUT2D eigenvalue weighted by molar-refractivity contribution is 9.10. The van der Waals surface area contributed by atoms with Crippen LogP contribution >= 0.6 is 15.9 Å². The lowest BCUT2D eigenvalue weighted by Crippen LogP contribution is -2.45. The molecule has 2 N–H and O–H groups in total. The summed E-state index contributed by atoms with van der Waals surface area (Å²) in [5.74, 6) is -0.980. The van der Waals surface area contributed by atoms with E-state index >= 15 is 0 Å². The number of aromatic nitrogens is 2. The van der Waals surface area contributed by atoms with Gasteiger partial charge in [0.1, 0.15) is 6.04 Å². The lowest BCUT2D eigenvalue weighted by atomic mass is 10.1. The fourth-order valence-electron chi connectivity index (χ4n) is 3.60. The number of hydrogen-bond donors (Lipinski definition) is 2. The van der Waals surface area contributed by atoms with Crippen LogP contribution < -0.4 is 16.1 Å². The molecule has 2 aromatic carbocycles. The summed E-state index contributed by atoms with van der Waals surface area (Å²) in [7, 11) is 0. The number of aryl methyl sites for hydroxylation is 1. The first kappa shape index (κ1) is 21.0. The van der Waals surface area contributed by atoms with Gasteiger partial charge >= 0.3 is 0 Å². The van der Waals surface area contributed by atoms with Gasteiger partial charge in [0.05, 0.1) is 5.69 Å². The Labute approximate surface area is 187 Å². The van der Waals surface area contributed by atoms with Gasteiger partial charge in [0.2, 0.25) is 11.3 Å². The molecule has 8 heteroatoms. The first-order chi connectivity index (χ1) is 14.8. The third-order valence-corrected chi connectivity index (χ3v) is 5.97. The number of anilines is 1. The normalized spacial score (nSPS) is 15.6. The molecule has 0 saturated heterocycles. The molecule has 3 aromatic rings. The van der Waals surface area contributed by atoms with Crippen LogP contribution in [-0.2, 0) is 11.2 Å². The zero-order valence-corrected chi connectivity index (χ0v) is 18.7. The molecule has 7 nitrogen and oxygen atoms in total. The summed E-state index contributed by atoms with van der Waals surface area (Å²) < 4.78 is 2.50. The Morgan fingerprint density at radius 3 is 2.65 bits per heavy atom. The number of halogens is 1. The molecule has 4 rings (SSSR count). The molecule has 158 valence electrons. The van der Waals surface area contributed by atoms with Crippen molar-refractivity contribution in [3.05, 3.63) is 85.7 Å². The van der Waals surface area contributed by atoms with Crippen molar-refractivity contribution >= 4 is 33.4 Å². The van der Waals surface area contributed by atoms with E-state index in [0.29, 0.717) is 24.1 Å². The molecule has 1 unspecified atom stereocenters. The van der Waals surface area contributed by atoms with Crippen LogP contribution in [0.1, 0.15) is 33.7 Å². The zero-order valence-electron chi connectivity index (χ0n) is 17.1. The van der Waals surface area contributed by atoms with Crippen molar-refractivity contribution in [1.82, 2.24) is 15.1 Å². The molecule has 31 heavy (non-hydrogen) atoms. The highest BCUT2D eigenvalue weighted by Gasteiger charge is 2.28. The number of carbonyl (C=O) groups excluding carboxylic acids is 2. The maximum Gasteiger partial charge on any atom is 0.276 e. The van der Waals surface area contributed by atoms with E-state index in [-0.39, 0.29) is 11.6 Å². The zero-order chi connectivity index (χ0) is 22.1. The van der Waals surface area contributed by atoms with Gasteiger partial charge in [0.15, 0.2) is 5.69 Å². The minimum Gasteiger partial charge on any atom is -0.339 e. The molecule has 0 bridgehead atoms. The minimum atomic E-state index is -0.772. The SMILES string of the molecule is Cc1c(C)n(-c2ccccc2)nc(C(=O)NC2CCc3cc(Br)ccc3NC2=O)c1=O. The van der Waals surface area contributed by atoms with Gasteiger partial charge in [-0.1, -0.05) is 34.1 Å². The van der Waals surface area contributed by atoms with E-state index in [1.807, 2.05) is 48.5 Å². The maximum absolute atomic E-state index is 13.0. The molecule has 1 aromatic heterocycles. The van der Waals surface area contributed by atoms with E-state index in [1.165, 1.54) is 0 Å². The number of fused-ring (bicyclic) bond motifs is 1. The summed E-state index contributed by atoms with van der Waals surface area (Å²) in [5.41, 5.74) is 2.86. The van der Waals surface area contributed by atoms with Crippen molar-refractivity contribution in [3.8, 4) is 5.69 Å². The topological polar surface area (TPSA) is 93.1 Å². The predicted molar refractivity (Wildman–Crippen MR) is 122 cm³/mol. The van der Waals surface area contributed by atoms with Crippen LogP contribution in [0.15, 0.2) is 57.8 Å². The number of para-hydroxylation sites is 1. The summed E-state index contributed by atoms with van der Waals surface area (Å²) in [4.78, 5) is 38.5. The van der Waals surface area contributed by atoms with Crippen LogP contribution in [0.2, 0.25) is 0 Å². The molecule has 0 saturated carbocycles. The molecule has 1 aliphatic heterocycles. The molecular weight excluding hydrogens is 460 g/mol. The van der Waals surface area contributed by atoms with Gasteiger partial charge in [-0.05, 0) is 62.6 Å². The smallest absolute Gasteiger partial charge is 0.276 e. The maximum atomic E-state index is 13.0. The molecule has 1 aliphatic rings. The predicted octanol–water partition coefficient (Wildman–Crippen LogP) is 3.30. The van der Waals surface area contributed by atoms with E-state index in [1.54, 1.807) is 18.5 Å². The lowest BCUT2D eigenvalue weighted by Gasteiger charge is -2.17. The molecule has 2 heterocycles. The van der Waals surface area contributed by atoms with E-state index in [0.717, 1.165) is 21.4 Å². The highest BCUT2D eigenvalue weighted by atomic mass is 79.9. The van der Waals surface area contributed by atoms with E-state index in [9.17, 15) is 14.4 Å². The van der Waals surface area contributed by atoms with Crippen molar-refractivity contribution in [3.63, 3.8) is 0 Å². The van der Waals surface area contributed by atoms with Gasteiger partial charge < -0.3 is 10.6 Å². The number of nitrogens with zero attached hydrogens (tertiary/aromatic N) is 2. The number of nitrogens with one attached hydrogen (secondary N) is 2. The summed E-state index contributed by atoms with van der Waals surface area (Å²) in [6, 6.07) is 14.1. The van der Waals surface area contributed by atoms with Gasteiger partial charge in [0, 0.05) is 21.4 Å². The van der Waals surface area contributed by atoms with Crippen LogP contribution in [0.5, 0.6) is 0 Å². The first-order valence-corrected chi connectivity index (χ1v) is 10.7. The number of carbonyl (C=O) groups is 2. The fraction of sp³-hybridized carbons (Fsp3) is 0.217. The van der Waals surface area contributed by atoms with Crippen LogP contribution in [0.4, 0.5) is 5.69 Å². The van der Waals surface area contributed by atoms with Crippen molar-refractivity contribution in [1.29, 1.82) is 0 Å². The van der Waals surface area contributed by atoms with E-state index < -0.39 is 17.4 Å². The second-order valence-electron chi connectivity index (χ2n) is 7.49. The molecule has 2 amide bonds. The standard InChI is InChI=1S/C23H21BrN4O3/c1-13-14(2)28(17-6-4-3-5-7-17)27-20(21(13)29)23(31)26-19-10-8-15-12-16(24)9-11-18(15)25-22(19)30/h3-7,9,11-12,19H,8,10H2,1-2H3,(H,25,30)(H,26,31). The van der Waals surface area contributed by atoms with Gasteiger partial charge in [0.25, 0.3) is 5.91 Å². The first-order valence-electron chi connectivity index (χ1n) is 9.91. The second-order valence-corrected chi connectivity index (χ2v) is 8.41. The monoisotopic (exact) mass is 480 g/mol. The van der Waals surface area contributed by atoms with Gasteiger partial charge in [-0.15, -0.1) is 0 Å². The van der Waals surface area contributed by atoms with Gasteiger partial charge in [-0.2, -0.15) is 5.10 Å². The van der Waals surface area contributed by atoms with Gasteiger partial charge in [-0.3, -0.25) is 14.4 Å². The summed E-state index contributed by atoms with van der Waals surface area (Å²) in [6.07, 6.45) is 1.02. The Bertz CT molecular complexity index is 1240. The van der Waals surface area contributed by atoms with Crippen molar-refractivity contribution < 1.29 is 9.59 Å². The highest BCUT2D eigenvalue weighted by Crippen LogP contribution is 2.25. The number of benzene rings is 2. The van der Waals surface area contributed by atoms with Crippen LogP contribution in [0.25, 0.3) is 5.69 Å². The Balaban J connectivity index is 1.62. The van der Waals surface area contributed by atoms with Gasteiger partial charge in [-0.25, -0.2) is 4.68 Å². The third kappa shape index (κ3) is 4.16. The van der Waals surface area contributed by atoms with Crippen molar-refractivity contribution in [2.75, 3.05) is 5.32 Å². The second kappa shape index (κ2) is 8.47. The molecule has 0 fully saturated rings. The summed E-state index contributed by atoms with van der Waals surface area (Å²) >= 11 is 3.44.